The average Bonchev–Trinajstić information content (AvgIpc) is 2.25. The van der Waals surface area contributed by atoms with Crippen molar-refractivity contribution in [2.75, 3.05) is 38.9 Å². The molecule has 3 nitrogen and oxygen atoms in total. The first-order valence-corrected chi connectivity index (χ1v) is 6.10. The van der Waals surface area contributed by atoms with Crippen molar-refractivity contribution in [1.29, 1.82) is 0 Å². The van der Waals surface area contributed by atoms with Crippen LogP contribution in [0, 0.1) is 5.41 Å². The molecule has 0 amide bonds. The van der Waals surface area contributed by atoms with Crippen molar-refractivity contribution in [3.63, 3.8) is 0 Å². The zero-order chi connectivity index (χ0) is 9.90. The lowest BCUT2D eigenvalue weighted by molar-refractivity contribution is 0.0491. The Morgan fingerprint density at radius 1 is 1.38 bits per heavy atom. The molecule has 0 spiro atoms. The van der Waals surface area contributed by atoms with Crippen LogP contribution in [-0.4, -0.2) is 49.0 Å². The lowest BCUT2D eigenvalue weighted by atomic mass is 9.95. The van der Waals surface area contributed by atoms with E-state index < -0.39 is 0 Å². The Labute approximate surface area is 85.8 Å². The van der Waals surface area contributed by atoms with Crippen molar-refractivity contribution in [1.82, 2.24) is 15.3 Å². The van der Waals surface area contributed by atoms with Gasteiger partial charge in [-0.2, -0.15) is 0 Å². The maximum absolute atomic E-state index is 3.39. The summed E-state index contributed by atoms with van der Waals surface area (Å²) in [6.07, 6.45) is 2.12. The highest BCUT2D eigenvalue weighted by atomic mass is 32.2. The third-order valence-electron chi connectivity index (χ3n) is 2.29. The van der Waals surface area contributed by atoms with Crippen molar-refractivity contribution in [2.24, 2.45) is 5.41 Å². The highest BCUT2D eigenvalue weighted by molar-refractivity contribution is 7.98. The van der Waals surface area contributed by atoms with Crippen molar-refractivity contribution < 1.29 is 0 Å². The van der Waals surface area contributed by atoms with Crippen molar-refractivity contribution in [3.05, 3.63) is 0 Å². The molecule has 0 aromatic heterocycles. The van der Waals surface area contributed by atoms with Crippen LogP contribution in [0.25, 0.3) is 0 Å². The molecule has 0 bridgehead atoms. The summed E-state index contributed by atoms with van der Waals surface area (Å²) < 4.78 is 0. The molecule has 0 radical (unpaired) electrons. The largest absolute Gasteiger partial charge is 0.294 e. The number of rotatable bonds is 4. The van der Waals surface area contributed by atoms with Crippen molar-refractivity contribution in [3.8, 4) is 0 Å². The Bertz CT molecular complexity index is 161. The van der Waals surface area contributed by atoms with Crippen LogP contribution in [-0.2, 0) is 0 Å². The Morgan fingerprint density at radius 2 is 2.08 bits per heavy atom. The van der Waals surface area contributed by atoms with Gasteiger partial charge in [-0.15, -0.1) is 11.8 Å². The Hall–Kier alpha value is 0.230. The van der Waals surface area contributed by atoms with Gasteiger partial charge in [0.05, 0.1) is 6.67 Å². The normalized spacial score (nSPS) is 24.0. The third kappa shape index (κ3) is 3.46. The number of thioether (sulfide) groups is 1. The lowest BCUT2D eigenvalue weighted by Crippen LogP contribution is -2.40. The first-order valence-electron chi connectivity index (χ1n) is 4.71. The molecule has 78 valence electrons. The monoisotopic (exact) mass is 203 g/mol. The van der Waals surface area contributed by atoms with Gasteiger partial charge in [0.25, 0.3) is 0 Å². The van der Waals surface area contributed by atoms with Gasteiger partial charge < -0.3 is 0 Å². The minimum Gasteiger partial charge on any atom is -0.294 e. The summed E-state index contributed by atoms with van der Waals surface area (Å²) in [6, 6.07) is 0. The lowest BCUT2D eigenvalue weighted by Gasteiger charge is -2.23. The van der Waals surface area contributed by atoms with E-state index in [0.29, 0.717) is 5.41 Å². The fraction of sp³-hybridized carbons (Fsp3) is 1.00. The SMILES string of the molecule is CSCNCN1CC(C)(C)CN1C. The van der Waals surface area contributed by atoms with Gasteiger partial charge >= 0.3 is 0 Å². The standard InChI is InChI=1S/C9H21N3S/c1-9(2)5-11(3)12(6-9)7-10-8-13-4/h10H,5-8H2,1-4H3. The second-order valence-corrected chi connectivity index (χ2v) is 5.35. The van der Waals surface area contributed by atoms with Crippen LogP contribution in [0.4, 0.5) is 0 Å². The molecule has 0 atom stereocenters. The van der Waals surface area contributed by atoms with Crippen LogP contribution in [0.5, 0.6) is 0 Å². The smallest absolute Gasteiger partial charge is 0.0629 e. The quantitative estimate of drug-likeness (QED) is 0.543. The van der Waals surface area contributed by atoms with Gasteiger partial charge in [-0.05, 0) is 11.7 Å². The van der Waals surface area contributed by atoms with E-state index in [1.54, 1.807) is 0 Å². The number of hydrazine groups is 1. The molecule has 0 aliphatic carbocycles. The van der Waals surface area contributed by atoms with E-state index in [-0.39, 0.29) is 0 Å². The van der Waals surface area contributed by atoms with Crippen LogP contribution in [0.1, 0.15) is 13.8 Å². The fourth-order valence-corrected chi connectivity index (χ4v) is 2.13. The maximum Gasteiger partial charge on any atom is 0.0629 e. The van der Waals surface area contributed by atoms with Crippen molar-refractivity contribution >= 4 is 11.8 Å². The van der Waals surface area contributed by atoms with Gasteiger partial charge in [-0.25, -0.2) is 10.0 Å². The molecule has 1 rings (SSSR count). The Morgan fingerprint density at radius 3 is 2.54 bits per heavy atom. The van der Waals surface area contributed by atoms with Gasteiger partial charge in [0.15, 0.2) is 0 Å². The van der Waals surface area contributed by atoms with Gasteiger partial charge in [0.1, 0.15) is 0 Å². The second kappa shape index (κ2) is 4.64. The van der Waals surface area contributed by atoms with Crippen LogP contribution >= 0.6 is 11.8 Å². The minimum atomic E-state index is 0.440. The predicted molar refractivity (Wildman–Crippen MR) is 59.5 cm³/mol. The maximum atomic E-state index is 3.39. The number of nitrogens with zero attached hydrogens (tertiary/aromatic N) is 2. The molecule has 0 unspecified atom stereocenters. The fourth-order valence-electron chi connectivity index (χ4n) is 1.84. The Kier molecular flexibility index (Phi) is 4.04. The molecule has 1 fully saturated rings. The first kappa shape index (κ1) is 11.3. The summed E-state index contributed by atoms with van der Waals surface area (Å²) in [7, 11) is 2.16. The second-order valence-electron chi connectivity index (χ2n) is 4.49. The first-order chi connectivity index (χ1) is 6.05. The molecule has 1 N–H and O–H groups in total. The zero-order valence-electron chi connectivity index (χ0n) is 9.13. The molecule has 1 heterocycles. The van der Waals surface area contributed by atoms with E-state index >= 15 is 0 Å². The molecule has 1 aliphatic rings. The molecule has 4 heteroatoms. The molecular formula is C9H21N3S. The van der Waals surface area contributed by atoms with Crippen LogP contribution < -0.4 is 5.32 Å². The highest BCUT2D eigenvalue weighted by Gasteiger charge is 2.32. The van der Waals surface area contributed by atoms with E-state index in [1.807, 2.05) is 11.8 Å². The van der Waals surface area contributed by atoms with E-state index in [4.69, 9.17) is 0 Å². The van der Waals surface area contributed by atoms with Gasteiger partial charge in [0, 0.05) is 26.0 Å². The third-order valence-corrected chi connectivity index (χ3v) is 2.78. The van der Waals surface area contributed by atoms with E-state index in [9.17, 15) is 0 Å². The van der Waals surface area contributed by atoms with Crippen LogP contribution in [0.3, 0.4) is 0 Å². The molecule has 13 heavy (non-hydrogen) atoms. The predicted octanol–water partition coefficient (Wildman–Crippen LogP) is 1.04. The molecule has 0 saturated carbocycles. The molecule has 1 aliphatic heterocycles. The molecule has 0 aromatic rings. The summed E-state index contributed by atoms with van der Waals surface area (Å²) in [5.74, 6) is 1.03. The highest BCUT2D eigenvalue weighted by Crippen LogP contribution is 2.25. The molecule has 1 saturated heterocycles. The number of hydrogen-bond donors (Lipinski definition) is 1. The molecular weight excluding hydrogens is 182 g/mol. The summed E-state index contributed by atoms with van der Waals surface area (Å²) in [4.78, 5) is 0. The van der Waals surface area contributed by atoms with Crippen LogP contribution in [0.15, 0.2) is 0 Å². The summed E-state index contributed by atoms with van der Waals surface area (Å²) in [5.41, 5.74) is 0.440. The van der Waals surface area contributed by atoms with E-state index in [1.165, 1.54) is 0 Å². The van der Waals surface area contributed by atoms with Gasteiger partial charge in [-0.1, -0.05) is 13.8 Å². The van der Waals surface area contributed by atoms with Gasteiger partial charge in [-0.3, -0.25) is 5.32 Å². The Balaban J connectivity index is 2.27. The number of hydrogen-bond acceptors (Lipinski definition) is 4. The average molecular weight is 203 g/mol. The molecule has 0 aromatic carbocycles. The van der Waals surface area contributed by atoms with E-state index in [2.05, 4.69) is 42.5 Å². The minimum absolute atomic E-state index is 0.440. The number of nitrogens with one attached hydrogen (secondary N) is 1. The summed E-state index contributed by atoms with van der Waals surface area (Å²) >= 11 is 1.83. The topological polar surface area (TPSA) is 18.5 Å². The van der Waals surface area contributed by atoms with Gasteiger partial charge in [0.2, 0.25) is 0 Å². The zero-order valence-corrected chi connectivity index (χ0v) is 9.95. The van der Waals surface area contributed by atoms with E-state index in [0.717, 1.165) is 25.6 Å². The summed E-state index contributed by atoms with van der Waals surface area (Å²) in [6.45, 7) is 7.93. The summed E-state index contributed by atoms with van der Waals surface area (Å²) in [5, 5.41) is 8.08. The van der Waals surface area contributed by atoms with Crippen LogP contribution in [0.2, 0.25) is 0 Å². The van der Waals surface area contributed by atoms with Crippen molar-refractivity contribution in [2.45, 2.75) is 13.8 Å².